The van der Waals surface area contributed by atoms with Crippen LogP contribution in [0.15, 0.2) is 0 Å². The van der Waals surface area contributed by atoms with Gasteiger partial charge in [-0.15, -0.1) is 0 Å². The summed E-state index contributed by atoms with van der Waals surface area (Å²) < 4.78 is 6.33. The molecule has 2 heteroatoms. The Morgan fingerprint density at radius 2 is 1.76 bits per heavy atom. The molecule has 0 unspecified atom stereocenters. The van der Waals surface area contributed by atoms with E-state index < -0.39 is 0 Å². The van der Waals surface area contributed by atoms with Crippen LogP contribution in [0.1, 0.15) is 71.6 Å². The number of aliphatic hydroxyl groups excluding tert-OH is 1. The van der Waals surface area contributed by atoms with Crippen LogP contribution in [0.25, 0.3) is 0 Å². The molecule has 4 aliphatic carbocycles. The molecule has 5 rings (SSSR count). The maximum atomic E-state index is 10.5. The third kappa shape index (κ3) is 1.39. The van der Waals surface area contributed by atoms with Crippen molar-refractivity contribution in [2.45, 2.75) is 89.4 Å². The zero-order valence-corrected chi connectivity index (χ0v) is 13.6. The summed E-state index contributed by atoms with van der Waals surface area (Å²) in [5.74, 6) is 2.50. The van der Waals surface area contributed by atoms with E-state index in [1.54, 1.807) is 0 Å². The Balaban J connectivity index is 1.51. The number of hydrogen-bond donors (Lipinski definition) is 1. The van der Waals surface area contributed by atoms with Crippen molar-refractivity contribution in [3.8, 4) is 0 Å². The van der Waals surface area contributed by atoms with Gasteiger partial charge in [0.1, 0.15) is 5.60 Å². The first-order chi connectivity index (χ1) is 10.0. The van der Waals surface area contributed by atoms with Crippen molar-refractivity contribution in [1.29, 1.82) is 0 Å². The van der Waals surface area contributed by atoms with E-state index in [9.17, 15) is 5.11 Å². The van der Waals surface area contributed by atoms with Crippen LogP contribution in [-0.2, 0) is 4.74 Å². The van der Waals surface area contributed by atoms with E-state index in [1.165, 1.54) is 51.4 Å². The first-order valence-electron chi connectivity index (χ1n) is 9.37. The van der Waals surface area contributed by atoms with E-state index in [0.29, 0.717) is 11.5 Å². The molecule has 118 valence electrons. The van der Waals surface area contributed by atoms with Crippen LogP contribution in [-0.4, -0.2) is 22.9 Å². The maximum absolute atomic E-state index is 10.5. The SMILES string of the molecule is C[C@]12CC[C@H]3[C@@H](CC[C@@]45O[C@@H]4CCC[C@]35C)[C@@H]1CC[C@@H]2O. The number of fused-ring (bicyclic) bond motifs is 4. The molecule has 0 aromatic rings. The van der Waals surface area contributed by atoms with Crippen LogP contribution in [0, 0.1) is 28.6 Å². The average Bonchev–Trinajstić information content (AvgIpc) is 3.11. The molecule has 1 saturated heterocycles. The number of aliphatic hydroxyl groups is 1. The molecular weight excluding hydrogens is 260 g/mol. The second kappa shape index (κ2) is 3.87. The van der Waals surface area contributed by atoms with E-state index in [1.807, 2.05) is 0 Å². The molecule has 0 radical (unpaired) electrons. The largest absolute Gasteiger partial charge is 0.393 e. The minimum absolute atomic E-state index is 0.0385. The Labute approximate surface area is 128 Å². The van der Waals surface area contributed by atoms with Crippen molar-refractivity contribution in [3.05, 3.63) is 0 Å². The van der Waals surface area contributed by atoms with E-state index in [0.717, 1.165) is 24.2 Å². The zero-order chi connectivity index (χ0) is 14.5. The predicted molar refractivity (Wildman–Crippen MR) is 81.8 cm³/mol. The minimum Gasteiger partial charge on any atom is -0.393 e. The van der Waals surface area contributed by atoms with Crippen molar-refractivity contribution >= 4 is 0 Å². The Kier molecular flexibility index (Phi) is 2.46. The zero-order valence-electron chi connectivity index (χ0n) is 13.6. The lowest BCUT2D eigenvalue weighted by Crippen LogP contribution is -2.57. The molecule has 8 atom stereocenters. The highest BCUT2D eigenvalue weighted by molar-refractivity contribution is 5.22. The fourth-order valence-electron chi connectivity index (χ4n) is 7.72. The van der Waals surface area contributed by atoms with E-state index in [2.05, 4.69) is 13.8 Å². The summed E-state index contributed by atoms with van der Waals surface area (Å²) in [6, 6.07) is 0. The minimum atomic E-state index is -0.0385. The third-order valence-electron chi connectivity index (χ3n) is 9.00. The molecule has 2 nitrogen and oxygen atoms in total. The molecule has 1 heterocycles. The maximum Gasteiger partial charge on any atom is 0.100 e. The van der Waals surface area contributed by atoms with Gasteiger partial charge in [0, 0.05) is 5.41 Å². The quantitative estimate of drug-likeness (QED) is 0.686. The highest BCUT2D eigenvalue weighted by Gasteiger charge is 2.73. The molecule has 1 N–H and O–H groups in total. The molecule has 21 heavy (non-hydrogen) atoms. The third-order valence-corrected chi connectivity index (χ3v) is 9.00. The summed E-state index contributed by atoms with van der Waals surface area (Å²) in [5, 5.41) is 10.5. The highest BCUT2D eigenvalue weighted by Crippen LogP contribution is 2.72. The summed E-state index contributed by atoms with van der Waals surface area (Å²) in [6.45, 7) is 4.95. The summed E-state index contributed by atoms with van der Waals surface area (Å²) in [6.07, 6.45) is 12.2. The number of hydrogen-bond acceptors (Lipinski definition) is 2. The van der Waals surface area contributed by atoms with Crippen LogP contribution in [0.4, 0.5) is 0 Å². The lowest BCUT2D eigenvalue weighted by molar-refractivity contribution is -0.121. The molecule has 5 fully saturated rings. The molecular formula is C19H30O2. The summed E-state index contributed by atoms with van der Waals surface area (Å²) in [4.78, 5) is 0. The Morgan fingerprint density at radius 3 is 2.62 bits per heavy atom. The van der Waals surface area contributed by atoms with Gasteiger partial charge in [0.2, 0.25) is 0 Å². The van der Waals surface area contributed by atoms with Gasteiger partial charge in [0.25, 0.3) is 0 Å². The van der Waals surface area contributed by atoms with Gasteiger partial charge in [-0.05, 0) is 74.5 Å². The highest BCUT2D eigenvalue weighted by atomic mass is 16.6. The average molecular weight is 290 g/mol. The summed E-state index contributed by atoms with van der Waals surface area (Å²) in [7, 11) is 0. The van der Waals surface area contributed by atoms with E-state index >= 15 is 0 Å². The summed E-state index contributed by atoms with van der Waals surface area (Å²) in [5.41, 5.74) is 0.936. The van der Waals surface area contributed by atoms with Crippen LogP contribution in [0.5, 0.6) is 0 Å². The number of epoxide rings is 1. The second-order valence-electron chi connectivity index (χ2n) is 9.36. The first kappa shape index (κ1) is 13.4. The standard InChI is InChI=1S/C19H30O2/c1-17-10-8-14-12(13(17)5-6-15(17)20)7-11-19-16(21-19)4-3-9-18(14,19)2/h12-16,20H,3-11H2,1-2H3/t12-,13-,14-,15-,16+,17-,18+,19+/m0/s1. The van der Waals surface area contributed by atoms with Gasteiger partial charge in [-0.1, -0.05) is 20.3 Å². The Hall–Kier alpha value is -0.0800. The fraction of sp³-hybridized carbons (Fsp3) is 1.00. The van der Waals surface area contributed by atoms with Crippen molar-refractivity contribution in [2.75, 3.05) is 0 Å². The molecule has 0 bridgehead atoms. The summed E-state index contributed by atoms with van der Waals surface area (Å²) >= 11 is 0. The monoisotopic (exact) mass is 290 g/mol. The van der Waals surface area contributed by atoms with Crippen molar-refractivity contribution < 1.29 is 9.84 Å². The Bertz CT molecular complexity index is 476. The smallest absolute Gasteiger partial charge is 0.100 e. The molecule has 5 aliphatic rings. The molecule has 0 amide bonds. The fourth-order valence-corrected chi connectivity index (χ4v) is 7.72. The topological polar surface area (TPSA) is 32.8 Å². The van der Waals surface area contributed by atoms with Crippen LogP contribution >= 0.6 is 0 Å². The lowest BCUT2D eigenvalue weighted by Gasteiger charge is -2.59. The van der Waals surface area contributed by atoms with Gasteiger partial charge in [-0.25, -0.2) is 0 Å². The number of ether oxygens (including phenoxy) is 1. The predicted octanol–water partition coefficient (Wildman–Crippen LogP) is 3.91. The van der Waals surface area contributed by atoms with Gasteiger partial charge < -0.3 is 9.84 Å². The van der Waals surface area contributed by atoms with E-state index in [4.69, 9.17) is 4.74 Å². The molecule has 1 aliphatic heterocycles. The van der Waals surface area contributed by atoms with E-state index in [-0.39, 0.29) is 17.1 Å². The van der Waals surface area contributed by atoms with Crippen LogP contribution in [0.3, 0.4) is 0 Å². The van der Waals surface area contributed by atoms with Gasteiger partial charge >= 0.3 is 0 Å². The van der Waals surface area contributed by atoms with Gasteiger partial charge in [-0.2, -0.15) is 0 Å². The molecule has 4 saturated carbocycles. The van der Waals surface area contributed by atoms with Gasteiger partial charge in [0.15, 0.2) is 0 Å². The molecule has 1 spiro atoms. The lowest BCUT2D eigenvalue weighted by atomic mass is 9.45. The first-order valence-corrected chi connectivity index (χ1v) is 9.37. The number of rotatable bonds is 0. The molecule has 0 aromatic heterocycles. The van der Waals surface area contributed by atoms with Crippen LogP contribution < -0.4 is 0 Å². The van der Waals surface area contributed by atoms with Crippen molar-refractivity contribution in [2.24, 2.45) is 28.6 Å². The van der Waals surface area contributed by atoms with Crippen LogP contribution in [0.2, 0.25) is 0 Å². The normalized spacial score (nSPS) is 65.0. The van der Waals surface area contributed by atoms with Gasteiger partial charge in [-0.3, -0.25) is 0 Å². The second-order valence-corrected chi connectivity index (χ2v) is 9.36. The Morgan fingerprint density at radius 1 is 0.905 bits per heavy atom. The van der Waals surface area contributed by atoms with Crippen molar-refractivity contribution in [1.82, 2.24) is 0 Å². The van der Waals surface area contributed by atoms with Gasteiger partial charge in [0.05, 0.1) is 12.2 Å². The van der Waals surface area contributed by atoms with Crippen molar-refractivity contribution in [3.63, 3.8) is 0 Å². The molecule has 0 aromatic carbocycles.